The summed E-state index contributed by atoms with van der Waals surface area (Å²) >= 11 is 0. The van der Waals surface area contributed by atoms with Gasteiger partial charge >= 0.3 is 5.97 Å². The first-order chi connectivity index (χ1) is 8.22. The lowest BCUT2D eigenvalue weighted by molar-refractivity contribution is 0.0594. The number of nitrogens with one attached hydrogen (secondary N) is 1. The standard InChI is InChI=1S/C13H11NO3/c1-17-13(16)11-8-7-10(12(15)14-11)9-5-3-2-4-6-9/h2-8H,1H3,(H,14,15). The molecule has 4 nitrogen and oxygen atoms in total. The monoisotopic (exact) mass is 229 g/mol. The Kier molecular flexibility index (Phi) is 3.05. The van der Waals surface area contributed by atoms with E-state index in [1.54, 1.807) is 6.07 Å². The number of H-pyrrole nitrogens is 1. The average molecular weight is 229 g/mol. The van der Waals surface area contributed by atoms with Crippen molar-refractivity contribution in [3.05, 3.63) is 58.5 Å². The Balaban J connectivity index is 2.46. The highest BCUT2D eigenvalue weighted by molar-refractivity contribution is 5.87. The molecule has 0 saturated carbocycles. The van der Waals surface area contributed by atoms with Crippen molar-refractivity contribution in [3.8, 4) is 11.1 Å². The highest BCUT2D eigenvalue weighted by atomic mass is 16.5. The van der Waals surface area contributed by atoms with Crippen molar-refractivity contribution in [2.75, 3.05) is 7.11 Å². The Morgan fingerprint density at radius 3 is 2.41 bits per heavy atom. The molecule has 2 aromatic rings. The molecular weight excluding hydrogens is 218 g/mol. The second-order valence-electron chi connectivity index (χ2n) is 3.47. The largest absolute Gasteiger partial charge is 0.464 e. The number of carbonyl (C=O) groups excluding carboxylic acids is 1. The van der Waals surface area contributed by atoms with Crippen molar-refractivity contribution in [2.24, 2.45) is 0 Å². The summed E-state index contributed by atoms with van der Waals surface area (Å²) in [5, 5.41) is 0. The van der Waals surface area contributed by atoms with E-state index in [0.717, 1.165) is 5.56 Å². The van der Waals surface area contributed by atoms with Crippen LogP contribution in [0.4, 0.5) is 0 Å². The van der Waals surface area contributed by atoms with Gasteiger partial charge < -0.3 is 9.72 Å². The normalized spacial score (nSPS) is 9.94. The van der Waals surface area contributed by atoms with Gasteiger partial charge in [-0.1, -0.05) is 30.3 Å². The van der Waals surface area contributed by atoms with E-state index in [1.165, 1.54) is 13.2 Å². The smallest absolute Gasteiger partial charge is 0.354 e. The van der Waals surface area contributed by atoms with Gasteiger partial charge in [0, 0.05) is 5.56 Å². The first kappa shape index (κ1) is 11.1. The highest BCUT2D eigenvalue weighted by Gasteiger charge is 2.09. The maximum absolute atomic E-state index is 11.8. The van der Waals surface area contributed by atoms with Crippen molar-refractivity contribution < 1.29 is 9.53 Å². The molecule has 0 saturated heterocycles. The Morgan fingerprint density at radius 1 is 1.12 bits per heavy atom. The maximum atomic E-state index is 11.8. The number of hydrogen-bond acceptors (Lipinski definition) is 3. The summed E-state index contributed by atoms with van der Waals surface area (Å²) in [6.45, 7) is 0. The van der Waals surface area contributed by atoms with Gasteiger partial charge in [0.05, 0.1) is 7.11 Å². The number of methoxy groups -OCH3 is 1. The topological polar surface area (TPSA) is 59.2 Å². The quantitative estimate of drug-likeness (QED) is 0.799. The number of carbonyl (C=O) groups is 1. The van der Waals surface area contributed by atoms with E-state index in [1.807, 2.05) is 30.3 Å². The number of aromatic amines is 1. The summed E-state index contributed by atoms with van der Waals surface area (Å²) in [6.07, 6.45) is 0. The van der Waals surface area contributed by atoms with E-state index in [2.05, 4.69) is 9.72 Å². The number of benzene rings is 1. The molecule has 1 aromatic carbocycles. The molecule has 0 amide bonds. The second-order valence-corrected chi connectivity index (χ2v) is 3.47. The molecule has 0 radical (unpaired) electrons. The summed E-state index contributed by atoms with van der Waals surface area (Å²) in [4.78, 5) is 25.5. The number of esters is 1. The molecule has 2 rings (SSSR count). The zero-order chi connectivity index (χ0) is 12.3. The van der Waals surface area contributed by atoms with Crippen molar-refractivity contribution in [1.82, 2.24) is 4.98 Å². The van der Waals surface area contributed by atoms with Crippen LogP contribution < -0.4 is 5.56 Å². The minimum Gasteiger partial charge on any atom is -0.464 e. The van der Waals surface area contributed by atoms with Crippen molar-refractivity contribution in [1.29, 1.82) is 0 Å². The van der Waals surface area contributed by atoms with Crippen molar-refractivity contribution in [3.63, 3.8) is 0 Å². The summed E-state index contributed by atoms with van der Waals surface area (Å²) < 4.78 is 4.53. The number of hydrogen-bond donors (Lipinski definition) is 1. The predicted molar refractivity (Wildman–Crippen MR) is 63.8 cm³/mol. The Labute approximate surface area is 97.9 Å². The zero-order valence-corrected chi connectivity index (χ0v) is 9.27. The van der Waals surface area contributed by atoms with Crippen LogP contribution in [0.25, 0.3) is 11.1 Å². The third-order valence-electron chi connectivity index (χ3n) is 2.40. The van der Waals surface area contributed by atoms with Crippen LogP contribution in [0, 0.1) is 0 Å². The minimum absolute atomic E-state index is 0.150. The van der Waals surface area contributed by atoms with Crippen LogP contribution in [-0.4, -0.2) is 18.1 Å². The third kappa shape index (κ3) is 2.25. The Hall–Kier alpha value is -2.36. The first-order valence-corrected chi connectivity index (χ1v) is 5.09. The van der Waals surface area contributed by atoms with Gasteiger partial charge in [0.1, 0.15) is 5.69 Å². The van der Waals surface area contributed by atoms with Crippen LogP contribution in [0.15, 0.2) is 47.3 Å². The number of pyridine rings is 1. The number of ether oxygens (including phenoxy) is 1. The molecule has 0 aliphatic carbocycles. The van der Waals surface area contributed by atoms with Crippen LogP contribution in [0.2, 0.25) is 0 Å². The molecule has 0 unspecified atom stereocenters. The number of rotatable bonds is 2. The molecule has 4 heteroatoms. The molecule has 1 heterocycles. The van der Waals surface area contributed by atoms with Crippen LogP contribution in [0.3, 0.4) is 0 Å². The van der Waals surface area contributed by atoms with Crippen LogP contribution >= 0.6 is 0 Å². The van der Waals surface area contributed by atoms with Gasteiger partial charge in [0.15, 0.2) is 0 Å². The first-order valence-electron chi connectivity index (χ1n) is 5.09. The molecule has 0 aliphatic rings. The number of aromatic nitrogens is 1. The van der Waals surface area contributed by atoms with E-state index >= 15 is 0 Å². The molecule has 0 bridgehead atoms. The molecule has 1 aromatic heterocycles. The van der Waals surface area contributed by atoms with E-state index in [0.29, 0.717) is 5.56 Å². The van der Waals surface area contributed by atoms with Crippen molar-refractivity contribution in [2.45, 2.75) is 0 Å². The van der Waals surface area contributed by atoms with Gasteiger partial charge in [0.2, 0.25) is 0 Å². The summed E-state index contributed by atoms with van der Waals surface area (Å²) in [5.74, 6) is -0.554. The molecule has 1 N–H and O–H groups in total. The van der Waals surface area contributed by atoms with Gasteiger partial charge in [-0.3, -0.25) is 4.79 Å². The molecule has 0 atom stereocenters. The molecule has 17 heavy (non-hydrogen) atoms. The van der Waals surface area contributed by atoms with E-state index in [-0.39, 0.29) is 11.3 Å². The fraction of sp³-hybridized carbons (Fsp3) is 0.0769. The Morgan fingerprint density at radius 2 is 1.82 bits per heavy atom. The average Bonchev–Trinajstić information content (AvgIpc) is 2.38. The molecule has 0 spiro atoms. The minimum atomic E-state index is -0.554. The maximum Gasteiger partial charge on any atom is 0.354 e. The van der Waals surface area contributed by atoms with Crippen molar-refractivity contribution >= 4 is 5.97 Å². The fourth-order valence-electron chi connectivity index (χ4n) is 1.55. The van der Waals surface area contributed by atoms with Crippen LogP contribution in [0.1, 0.15) is 10.5 Å². The molecule has 86 valence electrons. The lowest BCUT2D eigenvalue weighted by atomic mass is 10.1. The molecule has 0 fully saturated rings. The Bertz CT molecular complexity index is 587. The highest BCUT2D eigenvalue weighted by Crippen LogP contribution is 2.14. The summed E-state index contributed by atoms with van der Waals surface area (Å²) in [6, 6.07) is 12.4. The molecular formula is C13H11NO3. The SMILES string of the molecule is COC(=O)c1ccc(-c2ccccc2)c(=O)[nH]1. The van der Waals surface area contributed by atoms with Crippen LogP contribution in [-0.2, 0) is 4.74 Å². The lowest BCUT2D eigenvalue weighted by Crippen LogP contribution is -2.15. The third-order valence-corrected chi connectivity index (χ3v) is 2.40. The van der Waals surface area contributed by atoms with E-state index in [4.69, 9.17) is 0 Å². The van der Waals surface area contributed by atoms with E-state index in [9.17, 15) is 9.59 Å². The summed E-state index contributed by atoms with van der Waals surface area (Å²) in [7, 11) is 1.27. The molecule has 0 aliphatic heterocycles. The summed E-state index contributed by atoms with van der Waals surface area (Å²) in [5.41, 5.74) is 1.18. The van der Waals surface area contributed by atoms with Gasteiger partial charge in [-0.05, 0) is 17.7 Å². The predicted octanol–water partition coefficient (Wildman–Crippen LogP) is 1.83. The zero-order valence-electron chi connectivity index (χ0n) is 9.27. The fourth-order valence-corrected chi connectivity index (χ4v) is 1.55. The van der Waals surface area contributed by atoms with Gasteiger partial charge in [0.25, 0.3) is 5.56 Å². The van der Waals surface area contributed by atoms with E-state index < -0.39 is 5.97 Å². The van der Waals surface area contributed by atoms with Gasteiger partial charge in [-0.2, -0.15) is 0 Å². The lowest BCUT2D eigenvalue weighted by Gasteiger charge is -2.02. The van der Waals surface area contributed by atoms with Gasteiger partial charge in [-0.25, -0.2) is 4.79 Å². The van der Waals surface area contributed by atoms with Gasteiger partial charge in [-0.15, -0.1) is 0 Å². The van der Waals surface area contributed by atoms with Crippen LogP contribution in [0.5, 0.6) is 0 Å². The second kappa shape index (κ2) is 4.65.